The van der Waals surface area contributed by atoms with E-state index in [1.807, 2.05) is 6.07 Å². The minimum Gasteiger partial charge on any atom is -0.361 e. The molecular weight excluding hydrogens is 512 g/mol. The van der Waals surface area contributed by atoms with Gasteiger partial charge in [-0.2, -0.15) is 9.97 Å². The third-order valence-electron chi connectivity index (χ3n) is 8.79. The molecule has 1 atom stereocenters. The first-order chi connectivity index (χ1) is 18.5. The number of hydrogen-bond donors (Lipinski definition) is 2. The molecule has 5 rings (SSSR count). The summed E-state index contributed by atoms with van der Waals surface area (Å²) in [5, 5.41) is 8.30. The molecule has 1 aromatic carbocycles. The van der Waals surface area contributed by atoms with E-state index >= 15 is 0 Å². The summed E-state index contributed by atoms with van der Waals surface area (Å²) in [6.45, 7) is 6.24. The number of piperidine rings is 1. The van der Waals surface area contributed by atoms with E-state index in [1.54, 1.807) is 0 Å². The van der Waals surface area contributed by atoms with Crippen molar-refractivity contribution in [3.8, 4) is 0 Å². The summed E-state index contributed by atoms with van der Waals surface area (Å²) >= 11 is 12.2. The second-order valence-corrected chi connectivity index (χ2v) is 12.4. The van der Waals surface area contributed by atoms with E-state index in [-0.39, 0.29) is 5.41 Å². The van der Waals surface area contributed by atoms with Crippen LogP contribution in [0.3, 0.4) is 0 Å². The SMILES string of the molecule is C[C@@H]1CCCCN1c1cc(N2CCCCCC2)nc(NC(=S)NCC2(c3cccc(Cl)c3)CCCCC2)n1. The molecule has 206 valence electrons. The number of thiocarbonyl (C=S) groups is 1. The fraction of sp³-hybridized carbons (Fsp3) is 0.633. The van der Waals surface area contributed by atoms with Crippen LogP contribution in [0.15, 0.2) is 30.3 Å². The van der Waals surface area contributed by atoms with Gasteiger partial charge in [0, 0.05) is 48.7 Å². The zero-order valence-corrected chi connectivity index (χ0v) is 24.4. The number of nitrogens with zero attached hydrogens (tertiary/aromatic N) is 4. The van der Waals surface area contributed by atoms with Crippen molar-refractivity contribution in [3.63, 3.8) is 0 Å². The predicted molar refractivity (Wildman–Crippen MR) is 164 cm³/mol. The highest BCUT2D eigenvalue weighted by Crippen LogP contribution is 2.40. The molecule has 1 aliphatic carbocycles. The van der Waals surface area contributed by atoms with Gasteiger partial charge in [-0.25, -0.2) is 0 Å². The van der Waals surface area contributed by atoms with Gasteiger partial charge < -0.3 is 20.4 Å². The average molecular weight is 555 g/mol. The highest BCUT2D eigenvalue weighted by atomic mass is 35.5. The van der Waals surface area contributed by atoms with Crippen LogP contribution in [0.4, 0.5) is 17.6 Å². The molecule has 3 heterocycles. The van der Waals surface area contributed by atoms with E-state index in [2.05, 4.69) is 51.6 Å². The van der Waals surface area contributed by atoms with E-state index in [4.69, 9.17) is 33.8 Å². The summed E-state index contributed by atoms with van der Waals surface area (Å²) < 4.78 is 0. The molecule has 0 unspecified atom stereocenters. The van der Waals surface area contributed by atoms with Crippen molar-refractivity contribution in [3.05, 3.63) is 40.9 Å². The molecule has 0 radical (unpaired) electrons. The minimum absolute atomic E-state index is 0.0397. The fourth-order valence-electron chi connectivity index (χ4n) is 6.53. The Morgan fingerprint density at radius 1 is 0.947 bits per heavy atom. The van der Waals surface area contributed by atoms with Crippen molar-refractivity contribution < 1.29 is 0 Å². The normalized spacial score (nSPS) is 22.0. The molecule has 6 nitrogen and oxygen atoms in total. The van der Waals surface area contributed by atoms with Crippen molar-refractivity contribution in [2.75, 3.05) is 41.3 Å². The van der Waals surface area contributed by atoms with Crippen LogP contribution in [-0.2, 0) is 5.41 Å². The van der Waals surface area contributed by atoms with E-state index in [9.17, 15) is 0 Å². The molecule has 8 heteroatoms. The first-order valence-corrected chi connectivity index (χ1v) is 15.5. The largest absolute Gasteiger partial charge is 0.361 e. The molecule has 3 fully saturated rings. The Hall–Kier alpha value is -2.12. The molecule has 38 heavy (non-hydrogen) atoms. The van der Waals surface area contributed by atoms with Crippen molar-refractivity contribution in [1.29, 1.82) is 0 Å². The van der Waals surface area contributed by atoms with Gasteiger partial charge in [-0.3, -0.25) is 0 Å². The van der Waals surface area contributed by atoms with Gasteiger partial charge in [-0.05, 0) is 81.8 Å². The maximum absolute atomic E-state index is 6.39. The first kappa shape index (κ1) is 27.4. The van der Waals surface area contributed by atoms with Gasteiger partial charge in [0.25, 0.3) is 0 Å². The molecule has 0 bridgehead atoms. The summed E-state index contributed by atoms with van der Waals surface area (Å²) in [4.78, 5) is 14.8. The van der Waals surface area contributed by atoms with E-state index in [1.165, 1.54) is 69.8 Å². The maximum atomic E-state index is 6.39. The van der Waals surface area contributed by atoms with Gasteiger partial charge in [-0.15, -0.1) is 0 Å². The second-order valence-electron chi connectivity index (χ2n) is 11.5. The van der Waals surface area contributed by atoms with Gasteiger partial charge in [0.2, 0.25) is 5.95 Å². The lowest BCUT2D eigenvalue weighted by Gasteiger charge is -2.38. The van der Waals surface area contributed by atoms with Crippen molar-refractivity contribution in [2.24, 2.45) is 0 Å². The Morgan fingerprint density at radius 2 is 1.66 bits per heavy atom. The molecule has 2 saturated heterocycles. The molecule has 1 aromatic heterocycles. The average Bonchev–Trinajstić information content (AvgIpc) is 3.22. The Balaban J connectivity index is 1.34. The molecule has 2 aliphatic heterocycles. The zero-order chi connectivity index (χ0) is 26.4. The molecular formula is C30H43ClN6S. The second kappa shape index (κ2) is 12.8. The van der Waals surface area contributed by atoms with Crippen LogP contribution in [0.25, 0.3) is 0 Å². The van der Waals surface area contributed by atoms with Crippen LogP contribution >= 0.6 is 23.8 Å². The van der Waals surface area contributed by atoms with E-state index < -0.39 is 0 Å². The number of aromatic nitrogens is 2. The molecule has 2 aromatic rings. The third-order valence-corrected chi connectivity index (χ3v) is 9.27. The number of halogens is 1. The lowest BCUT2D eigenvalue weighted by atomic mass is 9.69. The number of benzene rings is 1. The number of nitrogens with one attached hydrogen (secondary N) is 2. The number of rotatable bonds is 6. The highest BCUT2D eigenvalue weighted by molar-refractivity contribution is 7.80. The molecule has 3 aliphatic rings. The van der Waals surface area contributed by atoms with Crippen LogP contribution in [0.2, 0.25) is 5.02 Å². The Bertz CT molecular complexity index is 1080. The highest BCUT2D eigenvalue weighted by Gasteiger charge is 2.34. The number of hydrogen-bond acceptors (Lipinski definition) is 5. The predicted octanol–water partition coefficient (Wildman–Crippen LogP) is 7.08. The standard InChI is InChI=1S/C30H43ClN6S/c1-23-12-5-10-19-37(23)27-21-26(36-17-8-2-3-9-18-36)33-28(34-27)35-29(38)32-22-30(15-6-4-7-16-30)24-13-11-14-25(31)20-24/h11,13-14,20-21,23H,2-10,12,15-19,22H2,1H3,(H2,32,33,34,35,38)/t23-/m1/s1. The maximum Gasteiger partial charge on any atom is 0.232 e. The monoisotopic (exact) mass is 554 g/mol. The topological polar surface area (TPSA) is 56.3 Å². The van der Waals surface area contributed by atoms with Gasteiger partial charge in [0.1, 0.15) is 11.6 Å². The van der Waals surface area contributed by atoms with E-state index in [0.717, 1.165) is 55.7 Å². The summed E-state index contributed by atoms with van der Waals surface area (Å²) in [7, 11) is 0. The number of anilines is 3. The van der Waals surface area contributed by atoms with Crippen molar-refractivity contribution in [1.82, 2.24) is 15.3 Å². The van der Waals surface area contributed by atoms with Crippen LogP contribution in [-0.4, -0.2) is 47.3 Å². The van der Waals surface area contributed by atoms with Crippen molar-refractivity contribution in [2.45, 2.75) is 95.4 Å². The molecule has 0 amide bonds. The first-order valence-electron chi connectivity index (χ1n) is 14.7. The lowest BCUT2D eigenvalue weighted by molar-refractivity contribution is 0.292. The van der Waals surface area contributed by atoms with Crippen LogP contribution in [0.5, 0.6) is 0 Å². The Morgan fingerprint density at radius 3 is 2.39 bits per heavy atom. The molecule has 1 saturated carbocycles. The molecule has 0 spiro atoms. The smallest absolute Gasteiger partial charge is 0.232 e. The Labute approximate surface area is 238 Å². The van der Waals surface area contributed by atoms with E-state index in [0.29, 0.717) is 17.1 Å². The lowest BCUT2D eigenvalue weighted by Crippen LogP contribution is -2.44. The van der Waals surface area contributed by atoms with Crippen LogP contribution in [0.1, 0.15) is 89.5 Å². The summed E-state index contributed by atoms with van der Waals surface area (Å²) in [6.07, 6.45) is 14.8. The fourth-order valence-corrected chi connectivity index (χ4v) is 6.89. The third kappa shape index (κ3) is 6.71. The summed E-state index contributed by atoms with van der Waals surface area (Å²) in [5.74, 6) is 2.62. The van der Waals surface area contributed by atoms with Gasteiger partial charge in [-0.1, -0.05) is 55.8 Å². The summed E-state index contributed by atoms with van der Waals surface area (Å²) in [5.41, 5.74) is 1.35. The van der Waals surface area contributed by atoms with Crippen LogP contribution < -0.4 is 20.4 Å². The Kier molecular flexibility index (Phi) is 9.26. The molecule has 2 N–H and O–H groups in total. The van der Waals surface area contributed by atoms with Gasteiger partial charge in [0.05, 0.1) is 0 Å². The van der Waals surface area contributed by atoms with Crippen LogP contribution in [0, 0.1) is 0 Å². The van der Waals surface area contributed by atoms with Crippen molar-refractivity contribution >= 4 is 46.5 Å². The quantitative estimate of drug-likeness (QED) is 0.370. The minimum atomic E-state index is 0.0397. The van der Waals surface area contributed by atoms with Gasteiger partial charge in [0.15, 0.2) is 5.11 Å². The summed E-state index contributed by atoms with van der Waals surface area (Å²) in [6, 6.07) is 11.1. The van der Waals surface area contributed by atoms with Gasteiger partial charge >= 0.3 is 0 Å². The zero-order valence-electron chi connectivity index (χ0n) is 22.9.